The molecule has 0 bridgehead atoms. The van der Waals surface area contributed by atoms with E-state index < -0.39 is 0 Å². The van der Waals surface area contributed by atoms with Gasteiger partial charge in [0.25, 0.3) is 0 Å². The Morgan fingerprint density at radius 1 is 1.42 bits per heavy atom. The van der Waals surface area contributed by atoms with Gasteiger partial charge in [0, 0.05) is 19.6 Å². The summed E-state index contributed by atoms with van der Waals surface area (Å²) in [4.78, 5) is 0. The number of hydrogen-bond acceptors (Lipinski definition) is 2. The fraction of sp³-hybridized carbons (Fsp3) is 0.800. The van der Waals surface area contributed by atoms with Crippen LogP contribution in [0.3, 0.4) is 0 Å². The molecule has 0 aliphatic heterocycles. The van der Waals surface area contributed by atoms with Gasteiger partial charge in [-0.15, -0.1) is 6.58 Å². The molecule has 0 saturated carbocycles. The quantitative estimate of drug-likeness (QED) is 0.572. The molecule has 1 atom stereocenters. The highest BCUT2D eigenvalue weighted by atomic mass is 16.5. The third-order valence-electron chi connectivity index (χ3n) is 2.05. The van der Waals surface area contributed by atoms with Crippen LogP contribution in [0.1, 0.15) is 20.3 Å². The van der Waals surface area contributed by atoms with Gasteiger partial charge in [0.2, 0.25) is 0 Å². The van der Waals surface area contributed by atoms with E-state index in [0.717, 1.165) is 6.42 Å². The van der Waals surface area contributed by atoms with Crippen molar-refractivity contribution in [3.63, 3.8) is 0 Å². The summed E-state index contributed by atoms with van der Waals surface area (Å²) in [5.74, 6) is 0. The van der Waals surface area contributed by atoms with E-state index >= 15 is 0 Å². The summed E-state index contributed by atoms with van der Waals surface area (Å²) >= 11 is 0. The van der Waals surface area contributed by atoms with Crippen molar-refractivity contribution >= 4 is 0 Å². The van der Waals surface area contributed by atoms with E-state index in [2.05, 4.69) is 20.4 Å². The maximum absolute atomic E-state index is 5.36. The first-order chi connectivity index (χ1) is 5.58. The first-order valence-corrected chi connectivity index (χ1v) is 4.21. The Bertz CT molecular complexity index is 130. The summed E-state index contributed by atoms with van der Waals surface area (Å²) in [6, 6.07) is 0. The topological polar surface area (TPSA) is 18.5 Å². The zero-order valence-corrected chi connectivity index (χ0v) is 8.59. The normalized spacial score (nSPS) is 14.3. The van der Waals surface area contributed by atoms with E-state index in [0.29, 0.717) is 6.61 Å². The van der Waals surface area contributed by atoms with Gasteiger partial charge in [0.1, 0.15) is 0 Å². The van der Waals surface area contributed by atoms with E-state index in [1.165, 1.54) is 0 Å². The van der Waals surface area contributed by atoms with Crippen molar-refractivity contribution in [2.45, 2.75) is 26.4 Å². The van der Waals surface area contributed by atoms with E-state index in [-0.39, 0.29) is 11.5 Å². The molecular formula is C10H20O2. The SMILES string of the molecule is C=CCC(OC)C(C)(C)COC. The first-order valence-electron chi connectivity index (χ1n) is 4.21. The Kier molecular flexibility index (Phi) is 5.18. The lowest BCUT2D eigenvalue weighted by Crippen LogP contribution is -2.34. The average molecular weight is 172 g/mol. The predicted octanol–water partition coefficient (Wildman–Crippen LogP) is 2.25. The lowest BCUT2D eigenvalue weighted by Gasteiger charge is -2.31. The third kappa shape index (κ3) is 3.37. The van der Waals surface area contributed by atoms with Crippen molar-refractivity contribution in [2.75, 3.05) is 20.8 Å². The molecule has 0 N–H and O–H groups in total. The standard InChI is InChI=1S/C10H20O2/c1-6-7-9(12-5)10(2,3)8-11-4/h6,9H,1,7-8H2,2-5H3. The van der Waals surface area contributed by atoms with Gasteiger partial charge >= 0.3 is 0 Å². The van der Waals surface area contributed by atoms with Gasteiger partial charge < -0.3 is 9.47 Å². The van der Waals surface area contributed by atoms with Crippen LogP contribution in [-0.4, -0.2) is 26.9 Å². The summed E-state index contributed by atoms with van der Waals surface area (Å²) < 4.78 is 10.5. The second-order valence-corrected chi connectivity index (χ2v) is 3.67. The van der Waals surface area contributed by atoms with Gasteiger partial charge in [0.05, 0.1) is 12.7 Å². The average Bonchev–Trinajstić information content (AvgIpc) is 1.99. The van der Waals surface area contributed by atoms with E-state index in [9.17, 15) is 0 Å². The summed E-state index contributed by atoms with van der Waals surface area (Å²) in [6.45, 7) is 8.68. The Morgan fingerprint density at radius 2 is 2.00 bits per heavy atom. The van der Waals surface area contributed by atoms with Crippen LogP contribution in [0.4, 0.5) is 0 Å². The molecule has 0 aromatic rings. The van der Waals surface area contributed by atoms with Gasteiger partial charge in [-0.2, -0.15) is 0 Å². The molecule has 1 unspecified atom stereocenters. The van der Waals surface area contributed by atoms with E-state index in [1.807, 2.05) is 6.08 Å². The Labute approximate surface area is 75.6 Å². The molecule has 0 aromatic heterocycles. The van der Waals surface area contributed by atoms with Crippen LogP contribution >= 0.6 is 0 Å². The van der Waals surface area contributed by atoms with Crippen LogP contribution in [0.25, 0.3) is 0 Å². The minimum absolute atomic E-state index is 0.0533. The molecule has 2 nitrogen and oxygen atoms in total. The van der Waals surface area contributed by atoms with Gasteiger partial charge in [-0.05, 0) is 6.42 Å². The molecule has 0 fully saturated rings. The van der Waals surface area contributed by atoms with Crippen molar-refractivity contribution in [1.29, 1.82) is 0 Å². The molecule has 0 aliphatic rings. The monoisotopic (exact) mass is 172 g/mol. The molecule has 72 valence electrons. The number of ether oxygens (including phenoxy) is 2. The van der Waals surface area contributed by atoms with Crippen LogP contribution in [-0.2, 0) is 9.47 Å². The molecule has 2 heteroatoms. The highest BCUT2D eigenvalue weighted by Gasteiger charge is 2.28. The molecule has 12 heavy (non-hydrogen) atoms. The molecule has 0 heterocycles. The summed E-state index contributed by atoms with van der Waals surface area (Å²) in [7, 11) is 3.44. The molecule has 0 amide bonds. The highest BCUT2D eigenvalue weighted by Crippen LogP contribution is 2.25. The molecular weight excluding hydrogens is 152 g/mol. The van der Waals surface area contributed by atoms with Gasteiger partial charge in [-0.3, -0.25) is 0 Å². The molecule has 0 aliphatic carbocycles. The second kappa shape index (κ2) is 5.33. The Hall–Kier alpha value is -0.340. The van der Waals surface area contributed by atoms with Crippen molar-refractivity contribution in [3.05, 3.63) is 12.7 Å². The van der Waals surface area contributed by atoms with Gasteiger partial charge in [0.15, 0.2) is 0 Å². The maximum Gasteiger partial charge on any atom is 0.0678 e. The molecule has 0 spiro atoms. The molecule has 0 aromatic carbocycles. The summed E-state index contributed by atoms with van der Waals surface area (Å²) in [5, 5.41) is 0. The fourth-order valence-corrected chi connectivity index (χ4v) is 1.35. The van der Waals surface area contributed by atoms with Crippen LogP contribution in [0.5, 0.6) is 0 Å². The minimum Gasteiger partial charge on any atom is -0.384 e. The lowest BCUT2D eigenvalue weighted by molar-refractivity contribution is -0.0325. The maximum atomic E-state index is 5.36. The van der Waals surface area contributed by atoms with Crippen LogP contribution in [0, 0.1) is 5.41 Å². The summed E-state index contributed by atoms with van der Waals surface area (Å²) in [5.41, 5.74) is 0.0533. The van der Waals surface area contributed by atoms with Crippen molar-refractivity contribution in [3.8, 4) is 0 Å². The highest BCUT2D eigenvalue weighted by molar-refractivity contribution is 4.84. The lowest BCUT2D eigenvalue weighted by atomic mass is 9.85. The molecule has 0 rings (SSSR count). The Morgan fingerprint density at radius 3 is 2.33 bits per heavy atom. The van der Waals surface area contributed by atoms with Crippen molar-refractivity contribution in [2.24, 2.45) is 5.41 Å². The van der Waals surface area contributed by atoms with Crippen LogP contribution < -0.4 is 0 Å². The zero-order valence-electron chi connectivity index (χ0n) is 8.59. The third-order valence-corrected chi connectivity index (χ3v) is 2.05. The number of methoxy groups -OCH3 is 2. The Balaban J connectivity index is 4.14. The number of hydrogen-bond donors (Lipinski definition) is 0. The van der Waals surface area contributed by atoms with E-state index in [1.54, 1.807) is 14.2 Å². The smallest absolute Gasteiger partial charge is 0.0678 e. The second-order valence-electron chi connectivity index (χ2n) is 3.67. The number of rotatable bonds is 6. The van der Waals surface area contributed by atoms with Crippen LogP contribution in [0.15, 0.2) is 12.7 Å². The zero-order chi connectivity index (χ0) is 9.61. The van der Waals surface area contributed by atoms with Crippen LogP contribution in [0.2, 0.25) is 0 Å². The van der Waals surface area contributed by atoms with Gasteiger partial charge in [-0.25, -0.2) is 0 Å². The fourth-order valence-electron chi connectivity index (χ4n) is 1.35. The van der Waals surface area contributed by atoms with E-state index in [4.69, 9.17) is 9.47 Å². The van der Waals surface area contributed by atoms with Crippen molar-refractivity contribution < 1.29 is 9.47 Å². The largest absolute Gasteiger partial charge is 0.384 e. The minimum atomic E-state index is 0.0533. The molecule has 0 saturated heterocycles. The first kappa shape index (κ1) is 11.7. The summed E-state index contributed by atoms with van der Waals surface area (Å²) in [6.07, 6.45) is 2.94. The van der Waals surface area contributed by atoms with Gasteiger partial charge in [-0.1, -0.05) is 19.9 Å². The molecule has 0 radical (unpaired) electrons. The predicted molar refractivity (Wildman–Crippen MR) is 51.3 cm³/mol. The van der Waals surface area contributed by atoms with Crippen molar-refractivity contribution in [1.82, 2.24) is 0 Å².